The van der Waals surface area contributed by atoms with Crippen molar-refractivity contribution in [3.8, 4) is 5.75 Å². The van der Waals surface area contributed by atoms with Crippen molar-refractivity contribution in [3.05, 3.63) is 78.0 Å². The molecular formula is C32H39N5O2. The Bertz CT molecular complexity index is 1420. The molecule has 1 fully saturated rings. The molecule has 0 radical (unpaired) electrons. The first-order valence-corrected chi connectivity index (χ1v) is 13.9. The molecule has 7 nitrogen and oxygen atoms in total. The van der Waals surface area contributed by atoms with Crippen molar-refractivity contribution in [2.45, 2.75) is 52.4 Å². The Balaban J connectivity index is 1.42. The number of H-pyrrole nitrogens is 1. The fourth-order valence-corrected chi connectivity index (χ4v) is 5.22. The number of amides is 2. The summed E-state index contributed by atoms with van der Waals surface area (Å²) in [6.45, 7) is 11.4. The number of carbonyl (C=O) groups is 1. The Hall–Kier alpha value is -3.84. The topological polar surface area (TPSA) is 82.3 Å². The lowest BCUT2D eigenvalue weighted by Gasteiger charge is -2.27. The predicted octanol–water partition coefficient (Wildman–Crippen LogP) is 7.31. The van der Waals surface area contributed by atoms with E-state index in [-0.39, 0.29) is 11.4 Å². The van der Waals surface area contributed by atoms with Gasteiger partial charge in [-0.1, -0.05) is 57.2 Å². The summed E-state index contributed by atoms with van der Waals surface area (Å²) in [6, 6.07) is 19.8. The first kappa shape index (κ1) is 26.8. The van der Waals surface area contributed by atoms with Gasteiger partial charge in [-0.3, -0.25) is 5.10 Å². The van der Waals surface area contributed by atoms with Crippen LogP contribution < -0.4 is 20.3 Å². The molecule has 7 heteroatoms. The molecule has 39 heavy (non-hydrogen) atoms. The van der Waals surface area contributed by atoms with Gasteiger partial charge < -0.3 is 15.4 Å². The van der Waals surface area contributed by atoms with Crippen LogP contribution in [0.1, 0.15) is 51.2 Å². The molecule has 0 bridgehead atoms. The number of urea groups is 1. The van der Waals surface area contributed by atoms with Crippen LogP contribution in [0.25, 0.3) is 10.8 Å². The largest absolute Gasteiger partial charge is 0.493 e. The van der Waals surface area contributed by atoms with E-state index in [4.69, 9.17) is 4.74 Å². The van der Waals surface area contributed by atoms with E-state index in [0.29, 0.717) is 18.3 Å². The van der Waals surface area contributed by atoms with Crippen LogP contribution in [-0.4, -0.2) is 35.9 Å². The highest BCUT2D eigenvalue weighted by Gasteiger charge is 2.24. The number of ether oxygens (including phenoxy) is 1. The quantitative estimate of drug-likeness (QED) is 0.236. The number of nitrogens with one attached hydrogen (secondary N) is 3. The van der Waals surface area contributed by atoms with E-state index in [9.17, 15) is 4.79 Å². The van der Waals surface area contributed by atoms with Crippen molar-refractivity contribution < 1.29 is 9.53 Å². The number of hydrogen-bond donors (Lipinski definition) is 3. The summed E-state index contributed by atoms with van der Waals surface area (Å²) in [7, 11) is 0. The minimum Gasteiger partial charge on any atom is -0.493 e. The molecule has 1 saturated heterocycles. The van der Waals surface area contributed by atoms with Crippen LogP contribution in [-0.2, 0) is 5.41 Å². The van der Waals surface area contributed by atoms with Crippen LogP contribution in [0.2, 0.25) is 0 Å². The maximum absolute atomic E-state index is 13.9. The number of benzene rings is 3. The standard InChI is InChI=1S/C32H39N5O2/c1-22-9-10-24(32(2,3)4)21-28(22)37(30-15-19-34-36-30)31(38)35-27-11-12-29(26-8-6-5-7-25(26)27)39-20-16-23-13-17-33-18-14-23/h5-12,15,19,21,23,33H,13-14,16-18,20H2,1-4H3,(H,34,36)(H,35,38). The maximum atomic E-state index is 13.9. The molecule has 0 unspecified atom stereocenters. The summed E-state index contributed by atoms with van der Waals surface area (Å²) in [5.74, 6) is 2.16. The van der Waals surface area contributed by atoms with Crippen molar-refractivity contribution >= 4 is 34.0 Å². The Morgan fingerprint density at radius 1 is 1.05 bits per heavy atom. The van der Waals surface area contributed by atoms with Gasteiger partial charge in [0.1, 0.15) is 11.6 Å². The molecule has 2 heterocycles. The molecule has 1 aromatic heterocycles. The van der Waals surface area contributed by atoms with Crippen molar-refractivity contribution in [1.82, 2.24) is 15.5 Å². The average Bonchev–Trinajstić information content (AvgIpc) is 3.45. The summed E-state index contributed by atoms with van der Waals surface area (Å²) < 4.78 is 6.26. The number of nitrogens with zero attached hydrogens (tertiary/aromatic N) is 2. The van der Waals surface area contributed by atoms with Crippen molar-refractivity contribution in [1.29, 1.82) is 0 Å². The van der Waals surface area contributed by atoms with Gasteiger partial charge in [-0.15, -0.1) is 0 Å². The summed E-state index contributed by atoms with van der Waals surface area (Å²) in [5, 5.41) is 15.6. The normalized spacial score (nSPS) is 14.4. The number of aromatic amines is 1. The molecule has 2 amide bonds. The molecule has 1 aliphatic rings. The summed E-state index contributed by atoms with van der Waals surface area (Å²) >= 11 is 0. The number of aryl methyl sites for hydroxylation is 1. The zero-order valence-corrected chi connectivity index (χ0v) is 23.4. The highest BCUT2D eigenvalue weighted by atomic mass is 16.5. The number of rotatable bonds is 7. The first-order valence-electron chi connectivity index (χ1n) is 13.9. The van der Waals surface area contributed by atoms with Crippen molar-refractivity contribution in [3.63, 3.8) is 0 Å². The fraction of sp³-hybridized carbons (Fsp3) is 0.375. The second-order valence-electron chi connectivity index (χ2n) is 11.4. The average molecular weight is 526 g/mol. The molecule has 3 N–H and O–H groups in total. The number of hydrogen-bond acceptors (Lipinski definition) is 4. The van der Waals surface area contributed by atoms with E-state index < -0.39 is 0 Å². The number of aromatic nitrogens is 2. The van der Waals surface area contributed by atoms with Gasteiger partial charge in [0, 0.05) is 16.8 Å². The third kappa shape index (κ3) is 6.09. The second-order valence-corrected chi connectivity index (χ2v) is 11.4. The van der Waals surface area contributed by atoms with Crippen LogP contribution in [0.4, 0.5) is 22.0 Å². The van der Waals surface area contributed by atoms with Gasteiger partial charge >= 0.3 is 6.03 Å². The Morgan fingerprint density at radius 2 is 1.82 bits per heavy atom. The zero-order valence-electron chi connectivity index (χ0n) is 23.4. The van der Waals surface area contributed by atoms with E-state index in [1.807, 2.05) is 37.3 Å². The molecular weight excluding hydrogens is 486 g/mol. The lowest BCUT2D eigenvalue weighted by Crippen LogP contribution is -2.32. The maximum Gasteiger partial charge on any atom is 0.332 e. The van der Waals surface area contributed by atoms with Crippen LogP contribution in [0.15, 0.2) is 66.9 Å². The van der Waals surface area contributed by atoms with Gasteiger partial charge in [-0.05, 0) is 79.9 Å². The zero-order chi connectivity index (χ0) is 27.4. The first-order chi connectivity index (χ1) is 18.8. The molecule has 4 aromatic rings. The van der Waals surface area contributed by atoms with E-state index >= 15 is 0 Å². The molecule has 204 valence electrons. The Kier molecular flexibility index (Phi) is 7.89. The van der Waals surface area contributed by atoms with E-state index in [0.717, 1.165) is 58.5 Å². The number of carbonyl (C=O) groups excluding carboxylic acids is 1. The highest BCUT2D eigenvalue weighted by molar-refractivity contribution is 6.11. The van der Waals surface area contributed by atoms with Crippen LogP contribution in [0, 0.1) is 12.8 Å². The van der Waals surface area contributed by atoms with Crippen molar-refractivity contribution in [2.75, 3.05) is 29.9 Å². The molecule has 3 aromatic carbocycles. The lowest BCUT2D eigenvalue weighted by molar-refractivity contribution is 0.253. The van der Waals surface area contributed by atoms with E-state index in [1.165, 1.54) is 12.8 Å². The minimum absolute atomic E-state index is 0.0571. The van der Waals surface area contributed by atoms with Crippen LogP contribution in [0.3, 0.4) is 0 Å². The second kappa shape index (κ2) is 11.5. The molecule has 1 aliphatic heterocycles. The van der Waals surface area contributed by atoms with Gasteiger partial charge in [0.15, 0.2) is 0 Å². The highest BCUT2D eigenvalue weighted by Crippen LogP contribution is 2.35. The monoisotopic (exact) mass is 525 g/mol. The van der Waals surface area contributed by atoms with Crippen LogP contribution in [0.5, 0.6) is 5.75 Å². The summed E-state index contributed by atoms with van der Waals surface area (Å²) in [6.07, 6.45) is 5.13. The molecule has 0 aliphatic carbocycles. The smallest absolute Gasteiger partial charge is 0.332 e. The van der Waals surface area contributed by atoms with Gasteiger partial charge in [-0.2, -0.15) is 5.10 Å². The van der Waals surface area contributed by atoms with Crippen LogP contribution >= 0.6 is 0 Å². The summed E-state index contributed by atoms with van der Waals surface area (Å²) in [4.78, 5) is 15.6. The number of anilines is 3. The molecule has 0 atom stereocenters. The van der Waals surface area contributed by atoms with Gasteiger partial charge in [0.05, 0.1) is 24.2 Å². The third-order valence-corrected chi connectivity index (χ3v) is 7.61. The lowest BCUT2D eigenvalue weighted by atomic mass is 9.86. The van der Waals surface area contributed by atoms with Gasteiger partial charge in [0.25, 0.3) is 0 Å². The van der Waals surface area contributed by atoms with Gasteiger partial charge in [0.2, 0.25) is 0 Å². The van der Waals surface area contributed by atoms with Crippen molar-refractivity contribution in [2.24, 2.45) is 5.92 Å². The number of fused-ring (bicyclic) bond motifs is 1. The van der Waals surface area contributed by atoms with Gasteiger partial charge in [-0.25, -0.2) is 9.69 Å². The predicted molar refractivity (Wildman–Crippen MR) is 159 cm³/mol. The molecule has 0 saturated carbocycles. The van der Waals surface area contributed by atoms with E-state index in [2.05, 4.69) is 65.9 Å². The van der Waals surface area contributed by atoms with E-state index in [1.54, 1.807) is 17.2 Å². The SMILES string of the molecule is Cc1ccc(C(C)(C)C)cc1N(C(=O)Nc1ccc(OCCC2CCNCC2)c2ccccc12)c1ccn[nH]1. The third-order valence-electron chi connectivity index (χ3n) is 7.61. The Morgan fingerprint density at radius 3 is 2.54 bits per heavy atom. The Labute approximate surface area is 230 Å². The summed E-state index contributed by atoms with van der Waals surface area (Å²) in [5.41, 5.74) is 3.63. The molecule has 0 spiro atoms. The minimum atomic E-state index is -0.266. The molecule has 5 rings (SSSR count). The fourth-order valence-electron chi connectivity index (χ4n) is 5.22. The number of piperidine rings is 1.